The van der Waals surface area contributed by atoms with Crippen LogP contribution in [0.25, 0.3) is 11.0 Å². The van der Waals surface area contributed by atoms with Crippen LogP contribution in [0.3, 0.4) is 0 Å². The lowest BCUT2D eigenvalue weighted by molar-refractivity contribution is -0.122. The molecule has 1 atom stereocenters. The highest BCUT2D eigenvalue weighted by molar-refractivity contribution is 6.06. The van der Waals surface area contributed by atoms with Crippen LogP contribution >= 0.6 is 0 Å². The zero-order chi connectivity index (χ0) is 19.6. The number of benzene rings is 1. The van der Waals surface area contributed by atoms with Gasteiger partial charge in [0.05, 0.1) is 23.7 Å². The van der Waals surface area contributed by atoms with Gasteiger partial charge in [-0.05, 0) is 32.4 Å². The van der Waals surface area contributed by atoms with Crippen LogP contribution in [0.2, 0.25) is 0 Å². The fourth-order valence-electron chi connectivity index (χ4n) is 2.90. The second-order valence-electron chi connectivity index (χ2n) is 6.65. The molecule has 0 unspecified atom stereocenters. The fraction of sp³-hybridized carbons (Fsp3) is 0.300. The molecule has 0 bridgehead atoms. The van der Waals surface area contributed by atoms with Gasteiger partial charge in [-0.3, -0.25) is 9.59 Å². The van der Waals surface area contributed by atoms with Crippen molar-refractivity contribution < 1.29 is 9.59 Å². The van der Waals surface area contributed by atoms with E-state index in [2.05, 4.69) is 45.0 Å². The molecule has 0 spiro atoms. The van der Waals surface area contributed by atoms with Gasteiger partial charge < -0.3 is 10.6 Å². The predicted molar refractivity (Wildman–Crippen MR) is 104 cm³/mol. The second kappa shape index (κ2) is 7.57. The van der Waals surface area contributed by atoms with Crippen molar-refractivity contribution in [3.63, 3.8) is 0 Å². The van der Waals surface area contributed by atoms with E-state index in [-0.39, 0.29) is 11.8 Å². The zero-order valence-corrected chi connectivity index (χ0v) is 15.9. The third kappa shape index (κ3) is 3.97. The number of carbonyl (C=O) groups is 2. The van der Waals surface area contributed by atoms with E-state index in [1.165, 1.54) is 12.6 Å². The Labute approximate surface area is 157 Å². The molecule has 0 aliphatic carbocycles. The third-order valence-electron chi connectivity index (χ3n) is 4.42. The number of nitrogens with one attached hydrogen (secondary N) is 2. The van der Waals surface area contributed by atoms with Gasteiger partial charge in [-0.1, -0.05) is 29.8 Å². The summed E-state index contributed by atoms with van der Waals surface area (Å²) < 4.78 is 1.78. The van der Waals surface area contributed by atoms with Crippen molar-refractivity contribution in [3.8, 4) is 0 Å². The number of hydrogen-bond acceptors (Lipinski definition) is 4. The molecule has 7 nitrogen and oxygen atoms in total. The molecule has 2 N–H and O–H groups in total. The molecule has 2 amide bonds. The smallest absolute Gasteiger partial charge is 0.252 e. The molecule has 2 heterocycles. The highest BCUT2D eigenvalue weighted by atomic mass is 16.2. The van der Waals surface area contributed by atoms with Crippen LogP contribution in [0.4, 0.5) is 0 Å². The van der Waals surface area contributed by atoms with Crippen LogP contribution in [-0.2, 0) is 11.3 Å². The summed E-state index contributed by atoms with van der Waals surface area (Å²) in [4.78, 5) is 28.9. The van der Waals surface area contributed by atoms with E-state index in [9.17, 15) is 9.59 Å². The number of amides is 2. The lowest BCUT2D eigenvalue weighted by atomic mass is 10.1. The fourth-order valence-corrected chi connectivity index (χ4v) is 2.90. The Morgan fingerprint density at radius 1 is 1.19 bits per heavy atom. The van der Waals surface area contributed by atoms with Crippen molar-refractivity contribution in [1.82, 2.24) is 25.4 Å². The van der Waals surface area contributed by atoms with E-state index in [4.69, 9.17) is 0 Å². The third-order valence-corrected chi connectivity index (χ3v) is 4.42. The quantitative estimate of drug-likeness (QED) is 0.723. The molecule has 3 rings (SSSR count). The van der Waals surface area contributed by atoms with E-state index in [1.54, 1.807) is 23.9 Å². The van der Waals surface area contributed by atoms with Crippen LogP contribution < -0.4 is 10.6 Å². The first-order chi connectivity index (χ1) is 12.9. The molecule has 3 aromatic rings. The maximum Gasteiger partial charge on any atom is 0.252 e. The largest absolute Gasteiger partial charge is 0.357 e. The van der Waals surface area contributed by atoms with Crippen molar-refractivity contribution in [2.45, 2.75) is 33.4 Å². The number of likely N-dealkylation sites (N-methyl/N-ethyl adjacent to an activating group) is 1. The molecule has 0 aliphatic rings. The molecule has 0 radical (unpaired) electrons. The number of rotatable bonds is 5. The Morgan fingerprint density at radius 3 is 2.56 bits per heavy atom. The minimum Gasteiger partial charge on any atom is -0.357 e. The van der Waals surface area contributed by atoms with Gasteiger partial charge in [0.15, 0.2) is 5.65 Å². The molecule has 0 fully saturated rings. The van der Waals surface area contributed by atoms with Crippen LogP contribution in [0.15, 0.2) is 36.5 Å². The van der Waals surface area contributed by atoms with E-state index in [1.807, 2.05) is 13.8 Å². The van der Waals surface area contributed by atoms with Gasteiger partial charge in [0.25, 0.3) is 5.91 Å². The standard InChI is InChI=1S/C20H23N5O2/c1-12-5-7-15(8-6-12)11-25-18-17(10-22-25)16(9-13(2)23-18)20(27)24-14(3)19(26)21-4/h5-10,14H,11H2,1-4H3,(H,21,26)(H,24,27)/t14-/m0/s1. The lowest BCUT2D eigenvalue weighted by Gasteiger charge is -2.13. The first-order valence-corrected chi connectivity index (χ1v) is 8.80. The van der Waals surface area contributed by atoms with Crippen LogP contribution in [0, 0.1) is 13.8 Å². The predicted octanol–water partition coefficient (Wildman–Crippen LogP) is 1.96. The Hall–Kier alpha value is -3.22. The number of aromatic nitrogens is 3. The molecule has 1 aromatic carbocycles. The molecule has 2 aromatic heterocycles. The molecule has 140 valence electrons. The highest BCUT2D eigenvalue weighted by Gasteiger charge is 2.19. The number of nitrogens with zero attached hydrogens (tertiary/aromatic N) is 3. The topological polar surface area (TPSA) is 88.9 Å². The van der Waals surface area contributed by atoms with E-state index in [0.717, 1.165) is 5.56 Å². The van der Waals surface area contributed by atoms with E-state index in [0.29, 0.717) is 28.8 Å². The summed E-state index contributed by atoms with van der Waals surface area (Å²) in [7, 11) is 1.54. The summed E-state index contributed by atoms with van der Waals surface area (Å²) in [5, 5.41) is 10.3. The molecule has 0 aliphatic heterocycles. The summed E-state index contributed by atoms with van der Waals surface area (Å²) in [5.74, 6) is -0.572. The van der Waals surface area contributed by atoms with Gasteiger partial charge >= 0.3 is 0 Å². The van der Waals surface area contributed by atoms with Crippen LogP contribution in [-0.4, -0.2) is 39.7 Å². The summed E-state index contributed by atoms with van der Waals surface area (Å²) >= 11 is 0. The normalized spacial score (nSPS) is 12.0. The molecule has 7 heteroatoms. The molecular formula is C20H23N5O2. The number of fused-ring (bicyclic) bond motifs is 1. The van der Waals surface area contributed by atoms with Crippen LogP contribution in [0.1, 0.15) is 34.1 Å². The summed E-state index contributed by atoms with van der Waals surface area (Å²) in [6.07, 6.45) is 1.65. The van der Waals surface area contributed by atoms with Gasteiger partial charge in [-0.15, -0.1) is 0 Å². The second-order valence-corrected chi connectivity index (χ2v) is 6.65. The first kappa shape index (κ1) is 18.6. The Balaban J connectivity index is 1.93. The molecule has 0 saturated heterocycles. The summed E-state index contributed by atoms with van der Waals surface area (Å²) in [5.41, 5.74) is 4.12. The van der Waals surface area contributed by atoms with Crippen molar-refractivity contribution >= 4 is 22.8 Å². The van der Waals surface area contributed by atoms with E-state index >= 15 is 0 Å². The number of carbonyl (C=O) groups excluding carboxylic acids is 2. The van der Waals surface area contributed by atoms with E-state index < -0.39 is 6.04 Å². The summed E-state index contributed by atoms with van der Waals surface area (Å²) in [6, 6.07) is 9.30. The molecular weight excluding hydrogens is 342 g/mol. The van der Waals surface area contributed by atoms with Crippen molar-refractivity contribution in [3.05, 3.63) is 58.9 Å². The minimum atomic E-state index is -0.631. The van der Waals surface area contributed by atoms with Crippen LogP contribution in [0.5, 0.6) is 0 Å². The maximum absolute atomic E-state index is 12.7. The maximum atomic E-state index is 12.7. The number of hydrogen-bond donors (Lipinski definition) is 2. The lowest BCUT2D eigenvalue weighted by Crippen LogP contribution is -2.43. The highest BCUT2D eigenvalue weighted by Crippen LogP contribution is 2.19. The SMILES string of the molecule is CNC(=O)[C@H](C)NC(=O)c1cc(C)nc2c1cnn2Cc1ccc(C)cc1. The van der Waals surface area contributed by atoms with Gasteiger partial charge in [0.1, 0.15) is 6.04 Å². The minimum absolute atomic E-state index is 0.250. The van der Waals surface area contributed by atoms with Gasteiger partial charge in [0, 0.05) is 12.7 Å². The number of pyridine rings is 1. The Kier molecular flexibility index (Phi) is 5.21. The van der Waals surface area contributed by atoms with Crippen molar-refractivity contribution in [1.29, 1.82) is 0 Å². The Bertz CT molecular complexity index is 992. The average molecular weight is 365 g/mol. The first-order valence-electron chi connectivity index (χ1n) is 8.80. The average Bonchev–Trinajstić information content (AvgIpc) is 3.04. The monoisotopic (exact) mass is 365 g/mol. The molecule has 27 heavy (non-hydrogen) atoms. The van der Waals surface area contributed by atoms with Gasteiger partial charge in [-0.25, -0.2) is 9.67 Å². The molecule has 0 saturated carbocycles. The zero-order valence-electron chi connectivity index (χ0n) is 15.9. The van der Waals surface area contributed by atoms with Gasteiger partial charge in [-0.2, -0.15) is 5.10 Å². The Morgan fingerprint density at radius 2 is 1.89 bits per heavy atom. The number of aryl methyl sites for hydroxylation is 2. The summed E-state index contributed by atoms with van der Waals surface area (Å²) in [6.45, 7) is 6.09. The van der Waals surface area contributed by atoms with Gasteiger partial charge in [0.2, 0.25) is 5.91 Å². The van der Waals surface area contributed by atoms with Crippen molar-refractivity contribution in [2.24, 2.45) is 0 Å². The van der Waals surface area contributed by atoms with Crippen molar-refractivity contribution in [2.75, 3.05) is 7.05 Å².